The number of nitrogens with zero attached hydrogens (tertiary/aromatic N) is 1. The fraction of sp³-hybridized carbons (Fsp3) is 0.280. The first-order valence-corrected chi connectivity index (χ1v) is 10.2. The summed E-state index contributed by atoms with van der Waals surface area (Å²) in [5, 5.41) is 9.81. The quantitative estimate of drug-likeness (QED) is 0.688. The topological polar surface area (TPSA) is 82.4 Å². The molecular weight excluding hydrogens is 374 g/mol. The molecule has 1 heterocycles. The molecule has 4 rings (SSSR count). The molecule has 1 aliphatic rings. The van der Waals surface area contributed by atoms with Crippen LogP contribution in [0.5, 0.6) is 11.5 Å². The van der Waals surface area contributed by atoms with E-state index in [1.54, 1.807) is 7.11 Å². The first-order chi connectivity index (χ1) is 14.6. The van der Waals surface area contributed by atoms with Gasteiger partial charge < -0.3 is 9.47 Å². The van der Waals surface area contributed by atoms with Crippen molar-refractivity contribution in [3.8, 4) is 28.7 Å². The fourth-order valence-electron chi connectivity index (χ4n) is 4.11. The molecule has 2 aromatic carbocycles. The Balaban J connectivity index is 1.75. The van der Waals surface area contributed by atoms with E-state index in [9.17, 15) is 5.26 Å². The van der Waals surface area contributed by atoms with Gasteiger partial charge in [0.1, 0.15) is 35.4 Å². The van der Waals surface area contributed by atoms with Crippen molar-refractivity contribution in [2.24, 2.45) is 0 Å². The molecule has 0 amide bonds. The number of hydrogen-bond acceptors (Lipinski definition) is 4. The summed E-state index contributed by atoms with van der Waals surface area (Å²) in [6.07, 6.45) is 4.14. The van der Waals surface area contributed by atoms with Crippen molar-refractivity contribution in [1.29, 1.82) is 5.26 Å². The number of ether oxygens (including phenoxy) is 2. The zero-order valence-electron chi connectivity index (χ0n) is 17.4. The number of benzene rings is 2. The Bertz CT molecular complexity index is 1110. The molecule has 0 bridgehead atoms. The second-order valence-electron chi connectivity index (χ2n) is 7.69. The molecule has 0 radical (unpaired) electrons. The average Bonchev–Trinajstić information content (AvgIpc) is 2.77. The monoisotopic (exact) mass is 400 g/mol. The van der Waals surface area contributed by atoms with Gasteiger partial charge in [-0.1, -0.05) is 23.8 Å². The molecule has 0 saturated carbocycles. The summed E-state index contributed by atoms with van der Waals surface area (Å²) < 4.78 is 11.6. The van der Waals surface area contributed by atoms with Crippen molar-refractivity contribution in [3.63, 3.8) is 0 Å². The Hall–Kier alpha value is -3.52. The van der Waals surface area contributed by atoms with Crippen LogP contribution in [0.3, 0.4) is 0 Å². The second kappa shape index (κ2) is 8.46. The molecule has 1 aliphatic carbocycles. The van der Waals surface area contributed by atoms with E-state index in [4.69, 9.17) is 15.2 Å². The SMILES string of the molecule is COc1ccc(-c2c(C#N)c(N)[nH+]c3c2CCCC3)cc1COc1ccc(C)cc1. The van der Waals surface area contributed by atoms with Crippen molar-refractivity contribution in [2.45, 2.75) is 39.2 Å². The van der Waals surface area contributed by atoms with E-state index in [0.29, 0.717) is 18.0 Å². The summed E-state index contributed by atoms with van der Waals surface area (Å²) in [4.78, 5) is 3.25. The van der Waals surface area contributed by atoms with E-state index in [1.807, 2.05) is 43.3 Å². The molecule has 30 heavy (non-hydrogen) atoms. The van der Waals surface area contributed by atoms with Crippen LogP contribution in [0.4, 0.5) is 5.82 Å². The number of methoxy groups -OCH3 is 1. The zero-order chi connectivity index (χ0) is 21.1. The Morgan fingerprint density at radius 3 is 2.60 bits per heavy atom. The van der Waals surface area contributed by atoms with Gasteiger partial charge in [0.15, 0.2) is 0 Å². The third-order valence-corrected chi connectivity index (χ3v) is 5.67. The minimum atomic E-state index is 0.374. The zero-order valence-corrected chi connectivity index (χ0v) is 17.4. The lowest BCUT2D eigenvalue weighted by Gasteiger charge is -2.19. The number of hydrogen-bond donors (Lipinski definition) is 1. The molecule has 1 aromatic heterocycles. The van der Waals surface area contributed by atoms with Crippen LogP contribution in [0.25, 0.3) is 11.1 Å². The van der Waals surface area contributed by atoms with Gasteiger partial charge in [0.2, 0.25) is 0 Å². The van der Waals surface area contributed by atoms with Gasteiger partial charge >= 0.3 is 0 Å². The van der Waals surface area contributed by atoms with Gasteiger partial charge in [0.25, 0.3) is 5.82 Å². The van der Waals surface area contributed by atoms with Gasteiger partial charge in [-0.15, -0.1) is 0 Å². The van der Waals surface area contributed by atoms with Crippen LogP contribution in [0.15, 0.2) is 42.5 Å². The maximum absolute atomic E-state index is 9.81. The third kappa shape index (κ3) is 3.81. The Labute approximate surface area is 177 Å². The number of anilines is 1. The highest BCUT2D eigenvalue weighted by Gasteiger charge is 2.25. The van der Waals surface area contributed by atoms with Gasteiger partial charge in [-0.2, -0.15) is 5.26 Å². The number of nitriles is 1. The molecular formula is C25H26N3O2+. The van der Waals surface area contributed by atoms with Crippen LogP contribution < -0.4 is 20.2 Å². The number of rotatable bonds is 5. The van der Waals surface area contributed by atoms with Crippen LogP contribution in [0.1, 0.15) is 40.8 Å². The highest BCUT2D eigenvalue weighted by Crippen LogP contribution is 2.36. The van der Waals surface area contributed by atoms with Crippen molar-refractivity contribution >= 4 is 5.82 Å². The van der Waals surface area contributed by atoms with Crippen molar-refractivity contribution < 1.29 is 14.5 Å². The third-order valence-electron chi connectivity index (χ3n) is 5.67. The number of aromatic nitrogens is 1. The molecule has 0 fully saturated rings. The van der Waals surface area contributed by atoms with E-state index in [0.717, 1.165) is 59.6 Å². The first-order valence-electron chi connectivity index (χ1n) is 10.2. The van der Waals surface area contributed by atoms with Crippen molar-refractivity contribution in [1.82, 2.24) is 0 Å². The summed E-state index contributed by atoms with van der Waals surface area (Å²) in [5.74, 6) is 2.00. The van der Waals surface area contributed by atoms with E-state index in [2.05, 4.69) is 17.1 Å². The van der Waals surface area contributed by atoms with Crippen LogP contribution in [0.2, 0.25) is 0 Å². The molecule has 5 nitrogen and oxygen atoms in total. The lowest BCUT2D eigenvalue weighted by molar-refractivity contribution is -0.374. The van der Waals surface area contributed by atoms with E-state index in [1.165, 1.54) is 11.1 Å². The van der Waals surface area contributed by atoms with Gasteiger partial charge in [-0.25, -0.2) is 4.98 Å². The Morgan fingerprint density at radius 2 is 1.87 bits per heavy atom. The number of nitrogen functional groups attached to an aromatic ring is 1. The molecule has 152 valence electrons. The Kier molecular flexibility index (Phi) is 5.58. The summed E-state index contributed by atoms with van der Waals surface area (Å²) >= 11 is 0. The minimum absolute atomic E-state index is 0.374. The van der Waals surface area contributed by atoms with Gasteiger partial charge in [0, 0.05) is 23.1 Å². The van der Waals surface area contributed by atoms with Crippen LogP contribution in [0, 0.1) is 18.3 Å². The fourth-order valence-corrected chi connectivity index (χ4v) is 4.11. The maximum atomic E-state index is 9.81. The number of nitrogens with two attached hydrogens (primary N) is 1. The second-order valence-corrected chi connectivity index (χ2v) is 7.69. The number of pyridine rings is 1. The van der Waals surface area contributed by atoms with Gasteiger partial charge in [-0.3, -0.25) is 5.73 Å². The molecule has 3 aromatic rings. The number of nitrogens with one attached hydrogen (secondary N) is 1. The molecule has 0 unspecified atom stereocenters. The van der Waals surface area contributed by atoms with E-state index in [-0.39, 0.29) is 0 Å². The summed E-state index contributed by atoms with van der Waals surface area (Å²) in [6.45, 7) is 2.42. The first kappa shape index (κ1) is 19.8. The maximum Gasteiger partial charge on any atom is 0.289 e. The molecule has 3 N–H and O–H groups in total. The lowest BCUT2D eigenvalue weighted by Crippen LogP contribution is -2.24. The normalized spacial score (nSPS) is 12.7. The highest BCUT2D eigenvalue weighted by molar-refractivity contribution is 5.78. The molecule has 0 atom stereocenters. The number of aromatic amines is 1. The number of H-pyrrole nitrogens is 1. The summed E-state index contributed by atoms with van der Waals surface area (Å²) in [6, 6.07) is 16.3. The lowest BCUT2D eigenvalue weighted by atomic mass is 9.86. The van der Waals surface area contributed by atoms with Crippen molar-refractivity contribution in [3.05, 3.63) is 70.4 Å². The molecule has 0 spiro atoms. The molecule has 5 heteroatoms. The predicted octanol–water partition coefficient (Wildman–Crippen LogP) is 4.40. The smallest absolute Gasteiger partial charge is 0.289 e. The van der Waals surface area contributed by atoms with Crippen LogP contribution >= 0.6 is 0 Å². The minimum Gasteiger partial charge on any atom is -0.496 e. The van der Waals surface area contributed by atoms with Crippen molar-refractivity contribution in [2.75, 3.05) is 12.8 Å². The average molecular weight is 401 g/mol. The number of aryl methyl sites for hydroxylation is 2. The van der Waals surface area contributed by atoms with E-state index >= 15 is 0 Å². The molecule has 0 aliphatic heterocycles. The standard InChI is InChI=1S/C25H25N3O2/c1-16-7-10-19(11-8-16)30-15-18-13-17(9-12-23(18)29-2)24-20-5-3-4-6-22(20)28-25(27)21(24)14-26/h7-13H,3-6,15H2,1-2H3,(H2,27,28)/p+1. The van der Waals surface area contributed by atoms with Crippen LogP contribution in [-0.2, 0) is 19.4 Å². The largest absolute Gasteiger partial charge is 0.496 e. The van der Waals surface area contributed by atoms with Gasteiger partial charge in [-0.05, 0) is 56.0 Å². The number of fused-ring (bicyclic) bond motifs is 1. The Morgan fingerprint density at radius 1 is 1.10 bits per heavy atom. The summed E-state index contributed by atoms with van der Waals surface area (Å²) in [5.41, 5.74) is 13.1. The molecule has 0 saturated heterocycles. The van der Waals surface area contributed by atoms with E-state index < -0.39 is 0 Å². The van der Waals surface area contributed by atoms with Gasteiger partial charge in [0.05, 0.1) is 7.11 Å². The highest BCUT2D eigenvalue weighted by atomic mass is 16.5. The summed E-state index contributed by atoms with van der Waals surface area (Å²) in [7, 11) is 1.66. The predicted molar refractivity (Wildman–Crippen MR) is 116 cm³/mol. The van der Waals surface area contributed by atoms with Crippen LogP contribution in [-0.4, -0.2) is 7.11 Å².